The highest BCUT2D eigenvalue weighted by Gasteiger charge is 2.10. The largest absolute Gasteiger partial charge is 0.475 e. The standard InChI is InChI=1S/C14H25N3O2/c1-4-7-8-18-9-10-19-14-12(5-2)13(15-6-3)16-11-17-14/h11H,4-10H2,1-3H3,(H,15,16,17). The summed E-state index contributed by atoms with van der Waals surface area (Å²) in [6, 6.07) is 0. The summed E-state index contributed by atoms with van der Waals surface area (Å²) in [5.74, 6) is 1.52. The molecule has 1 heterocycles. The molecule has 0 atom stereocenters. The monoisotopic (exact) mass is 267 g/mol. The fraction of sp³-hybridized carbons (Fsp3) is 0.714. The van der Waals surface area contributed by atoms with E-state index in [0.717, 1.165) is 43.8 Å². The molecule has 19 heavy (non-hydrogen) atoms. The summed E-state index contributed by atoms with van der Waals surface area (Å²) in [6.07, 6.45) is 4.62. The lowest BCUT2D eigenvalue weighted by Gasteiger charge is -2.13. The number of nitrogens with one attached hydrogen (secondary N) is 1. The molecule has 0 aliphatic heterocycles. The van der Waals surface area contributed by atoms with Crippen LogP contribution in [0.1, 0.15) is 39.2 Å². The number of aromatic nitrogens is 2. The molecule has 0 saturated carbocycles. The van der Waals surface area contributed by atoms with Crippen molar-refractivity contribution in [1.29, 1.82) is 0 Å². The molecule has 108 valence electrons. The molecule has 5 heteroatoms. The summed E-state index contributed by atoms with van der Waals surface area (Å²) >= 11 is 0. The SMILES string of the molecule is CCCCOCCOc1ncnc(NCC)c1CC. The second kappa shape index (κ2) is 9.55. The zero-order valence-electron chi connectivity index (χ0n) is 12.2. The van der Waals surface area contributed by atoms with E-state index < -0.39 is 0 Å². The Morgan fingerprint density at radius 2 is 1.95 bits per heavy atom. The van der Waals surface area contributed by atoms with Gasteiger partial charge in [0.05, 0.1) is 12.2 Å². The summed E-state index contributed by atoms with van der Waals surface area (Å²) < 4.78 is 11.1. The van der Waals surface area contributed by atoms with Crippen molar-refractivity contribution in [1.82, 2.24) is 9.97 Å². The number of hydrogen-bond donors (Lipinski definition) is 1. The summed E-state index contributed by atoms with van der Waals surface area (Å²) in [5.41, 5.74) is 1.03. The van der Waals surface area contributed by atoms with E-state index in [9.17, 15) is 0 Å². The van der Waals surface area contributed by atoms with E-state index in [0.29, 0.717) is 19.1 Å². The lowest BCUT2D eigenvalue weighted by Crippen LogP contribution is -2.11. The topological polar surface area (TPSA) is 56.3 Å². The van der Waals surface area contributed by atoms with Crippen LogP contribution in [0.3, 0.4) is 0 Å². The smallest absolute Gasteiger partial charge is 0.221 e. The third kappa shape index (κ3) is 5.42. The predicted octanol–water partition coefficient (Wildman–Crippen LogP) is 2.67. The Hall–Kier alpha value is -1.36. The van der Waals surface area contributed by atoms with Gasteiger partial charge in [-0.25, -0.2) is 9.97 Å². The van der Waals surface area contributed by atoms with E-state index in [1.54, 1.807) is 0 Å². The van der Waals surface area contributed by atoms with E-state index in [-0.39, 0.29) is 0 Å². The Bertz CT molecular complexity index is 359. The van der Waals surface area contributed by atoms with Crippen molar-refractivity contribution in [2.75, 3.05) is 31.7 Å². The van der Waals surface area contributed by atoms with Crippen LogP contribution >= 0.6 is 0 Å². The zero-order chi connectivity index (χ0) is 13.9. The highest BCUT2D eigenvalue weighted by Crippen LogP contribution is 2.22. The minimum atomic E-state index is 0.527. The molecule has 1 aromatic rings. The fourth-order valence-corrected chi connectivity index (χ4v) is 1.70. The van der Waals surface area contributed by atoms with Gasteiger partial charge >= 0.3 is 0 Å². The first-order valence-electron chi connectivity index (χ1n) is 7.11. The molecule has 0 unspecified atom stereocenters. The average Bonchev–Trinajstić information content (AvgIpc) is 2.43. The van der Waals surface area contributed by atoms with Gasteiger partial charge in [0.2, 0.25) is 5.88 Å². The maximum atomic E-state index is 5.68. The van der Waals surface area contributed by atoms with Gasteiger partial charge in [-0.3, -0.25) is 0 Å². The van der Waals surface area contributed by atoms with Crippen molar-refractivity contribution < 1.29 is 9.47 Å². The highest BCUT2D eigenvalue weighted by molar-refractivity contribution is 5.48. The van der Waals surface area contributed by atoms with Gasteiger partial charge in [0.25, 0.3) is 0 Å². The molecule has 5 nitrogen and oxygen atoms in total. The molecule has 0 bridgehead atoms. The van der Waals surface area contributed by atoms with Crippen molar-refractivity contribution in [3.05, 3.63) is 11.9 Å². The van der Waals surface area contributed by atoms with Crippen LogP contribution in [0, 0.1) is 0 Å². The van der Waals surface area contributed by atoms with Gasteiger partial charge in [0.1, 0.15) is 18.8 Å². The number of anilines is 1. The van der Waals surface area contributed by atoms with E-state index in [4.69, 9.17) is 9.47 Å². The Morgan fingerprint density at radius 1 is 1.11 bits per heavy atom. The fourth-order valence-electron chi connectivity index (χ4n) is 1.70. The second-order valence-corrected chi connectivity index (χ2v) is 4.20. The van der Waals surface area contributed by atoms with Crippen molar-refractivity contribution >= 4 is 5.82 Å². The Morgan fingerprint density at radius 3 is 2.63 bits per heavy atom. The summed E-state index contributed by atoms with van der Waals surface area (Å²) in [5, 5.41) is 3.22. The van der Waals surface area contributed by atoms with Gasteiger partial charge in [-0.15, -0.1) is 0 Å². The van der Waals surface area contributed by atoms with Crippen LogP contribution in [0.15, 0.2) is 6.33 Å². The first kappa shape index (κ1) is 15.7. The van der Waals surface area contributed by atoms with Crippen LogP contribution in [0.2, 0.25) is 0 Å². The van der Waals surface area contributed by atoms with Gasteiger partial charge in [0, 0.05) is 13.2 Å². The predicted molar refractivity (Wildman–Crippen MR) is 76.8 cm³/mol. The lowest BCUT2D eigenvalue weighted by molar-refractivity contribution is 0.0961. The van der Waals surface area contributed by atoms with Crippen molar-refractivity contribution in [2.24, 2.45) is 0 Å². The number of nitrogens with zero attached hydrogens (tertiary/aromatic N) is 2. The van der Waals surface area contributed by atoms with Crippen molar-refractivity contribution in [3.63, 3.8) is 0 Å². The Labute approximate surface area is 115 Å². The van der Waals surface area contributed by atoms with Crippen molar-refractivity contribution in [2.45, 2.75) is 40.0 Å². The number of rotatable bonds is 10. The normalized spacial score (nSPS) is 10.5. The molecule has 0 aromatic carbocycles. The Balaban J connectivity index is 2.46. The third-order valence-corrected chi connectivity index (χ3v) is 2.71. The minimum absolute atomic E-state index is 0.527. The van der Waals surface area contributed by atoms with Gasteiger partial charge < -0.3 is 14.8 Å². The molecule has 1 rings (SSSR count). The molecule has 0 spiro atoms. The molecule has 0 radical (unpaired) electrons. The van der Waals surface area contributed by atoms with Gasteiger partial charge in [-0.2, -0.15) is 0 Å². The average molecular weight is 267 g/mol. The van der Waals surface area contributed by atoms with Crippen LogP contribution in [0.5, 0.6) is 5.88 Å². The highest BCUT2D eigenvalue weighted by atomic mass is 16.5. The molecule has 1 aromatic heterocycles. The zero-order valence-corrected chi connectivity index (χ0v) is 12.2. The first-order chi connectivity index (χ1) is 9.33. The summed E-state index contributed by atoms with van der Waals surface area (Å²) in [4.78, 5) is 8.43. The molecule has 0 saturated heterocycles. The van der Waals surface area contributed by atoms with E-state index in [1.807, 2.05) is 6.92 Å². The maximum Gasteiger partial charge on any atom is 0.221 e. The van der Waals surface area contributed by atoms with Crippen LogP contribution < -0.4 is 10.1 Å². The van der Waals surface area contributed by atoms with E-state index in [2.05, 4.69) is 29.1 Å². The number of hydrogen-bond acceptors (Lipinski definition) is 5. The number of unbranched alkanes of at least 4 members (excludes halogenated alkanes) is 1. The first-order valence-corrected chi connectivity index (χ1v) is 7.11. The van der Waals surface area contributed by atoms with Crippen LogP contribution in [0.25, 0.3) is 0 Å². The van der Waals surface area contributed by atoms with Gasteiger partial charge in [0.15, 0.2) is 0 Å². The van der Waals surface area contributed by atoms with Crippen LogP contribution in [-0.2, 0) is 11.2 Å². The van der Waals surface area contributed by atoms with Gasteiger partial charge in [-0.05, 0) is 19.8 Å². The quantitative estimate of drug-likeness (QED) is 0.660. The van der Waals surface area contributed by atoms with Crippen LogP contribution in [0.4, 0.5) is 5.82 Å². The lowest BCUT2D eigenvalue weighted by atomic mass is 10.2. The van der Waals surface area contributed by atoms with E-state index >= 15 is 0 Å². The van der Waals surface area contributed by atoms with E-state index in [1.165, 1.54) is 6.33 Å². The minimum Gasteiger partial charge on any atom is -0.475 e. The van der Waals surface area contributed by atoms with Gasteiger partial charge in [-0.1, -0.05) is 20.3 Å². The third-order valence-electron chi connectivity index (χ3n) is 2.71. The maximum absolute atomic E-state index is 5.68. The number of ether oxygens (including phenoxy) is 2. The van der Waals surface area contributed by atoms with Crippen molar-refractivity contribution in [3.8, 4) is 5.88 Å². The molecule has 0 fully saturated rings. The second-order valence-electron chi connectivity index (χ2n) is 4.20. The Kier molecular flexibility index (Phi) is 7.89. The summed E-state index contributed by atoms with van der Waals surface area (Å²) in [6.45, 7) is 9.03. The molecule has 0 aliphatic rings. The summed E-state index contributed by atoms with van der Waals surface area (Å²) in [7, 11) is 0. The molecular formula is C14H25N3O2. The van der Waals surface area contributed by atoms with Crippen LogP contribution in [-0.4, -0.2) is 36.3 Å². The molecule has 0 amide bonds. The molecule has 0 aliphatic carbocycles. The molecule has 1 N–H and O–H groups in total. The molecular weight excluding hydrogens is 242 g/mol.